The first-order valence-corrected chi connectivity index (χ1v) is 12.3. The van der Waals surface area contributed by atoms with Gasteiger partial charge in [-0.1, -0.05) is 94.1 Å². The Morgan fingerprint density at radius 2 is 1.34 bits per heavy atom. The van der Waals surface area contributed by atoms with Crippen molar-refractivity contribution in [3.63, 3.8) is 0 Å². The van der Waals surface area contributed by atoms with Crippen LogP contribution in [0.4, 0.5) is 11.4 Å². The third-order valence-corrected chi connectivity index (χ3v) is 5.26. The van der Waals surface area contributed by atoms with Gasteiger partial charge in [-0.05, 0) is 55.5 Å². The van der Waals surface area contributed by atoms with Crippen LogP contribution in [0.1, 0.15) is 64.4 Å². The predicted octanol–water partition coefficient (Wildman–Crippen LogP) is 7.31. The van der Waals surface area contributed by atoms with E-state index in [0.29, 0.717) is 0 Å². The topological polar surface area (TPSA) is 70.8 Å². The van der Waals surface area contributed by atoms with Crippen LogP contribution in [-0.4, -0.2) is 11.9 Å². The Morgan fingerprint density at radius 3 is 1.94 bits per heavy atom. The molecule has 0 spiro atoms. The van der Waals surface area contributed by atoms with Gasteiger partial charge >= 0.3 is 16.5 Å². The van der Waals surface area contributed by atoms with Gasteiger partial charge in [-0.3, -0.25) is 9.98 Å². The number of nitrogens with zero attached hydrogens (tertiary/aromatic N) is 2. The van der Waals surface area contributed by atoms with Crippen molar-refractivity contribution < 1.29 is 26.7 Å². The van der Waals surface area contributed by atoms with E-state index >= 15 is 0 Å². The molecule has 0 saturated carbocycles. The molecule has 188 valence electrons. The summed E-state index contributed by atoms with van der Waals surface area (Å²) >= 11 is 0. The van der Waals surface area contributed by atoms with Gasteiger partial charge in [0.1, 0.15) is 0 Å². The van der Waals surface area contributed by atoms with Crippen molar-refractivity contribution in [2.24, 2.45) is 9.98 Å². The first-order valence-electron chi connectivity index (χ1n) is 12.3. The van der Waals surface area contributed by atoms with E-state index in [9.17, 15) is 10.2 Å². The van der Waals surface area contributed by atoms with Gasteiger partial charge in [-0.2, -0.15) is 0 Å². The van der Waals surface area contributed by atoms with Crippen LogP contribution < -0.4 is 10.2 Å². The zero-order valence-electron chi connectivity index (χ0n) is 20.8. The van der Waals surface area contributed by atoms with Crippen molar-refractivity contribution >= 4 is 23.3 Å². The molecule has 35 heavy (non-hydrogen) atoms. The maximum absolute atomic E-state index is 10.9. The molecule has 0 N–H and O–H groups in total. The van der Waals surface area contributed by atoms with Crippen LogP contribution in [0.3, 0.4) is 0 Å². The third-order valence-electron chi connectivity index (χ3n) is 5.26. The van der Waals surface area contributed by atoms with Gasteiger partial charge in [0.25, 0.3) is 0 Å². The van der Waals surface area contributed by atoms with Crippen LogP contribution in [0, 0.1) is 0 Å². The molecule has 3 rings (SSSR count). The number of para-hydroxylation sites is 2. The SMILES string of the molecule is CCCCCCC(C=Nc1ccccc1)=Nc1ccccc1.CCCCc1ccc([O-])c([O-])c1.[Ni+2]. The standard InChI is InChI=1S/C20H24N2.C10H14O2.Ni/c1-2-3-4-7-16-20(22-19-14-10-6-11-15-19)17-21-18-12-8-5-9-13-18;1-2-3-4-8-5-6-9(11)10(12)7-8;/h5-6,8-15,17H,2-4,7,16H2,1H3;5-7,11-12H,2-4H2,1H3;/q;;+2/p-2. The fourth-order valence-corrected chi connectivity index (χ4v) is 3.30. The summed E-state index contributed by atoms with van der Waals surface area (Å²) in [5.41, 5.74) is 3.98. The van der Waals surface area contributed by atoms with Crippen molar-refractivity contribution in [2.45, 2.75) is 65.2 Å². The summed E-state index contributed by atoms with van der Waals surface area (Å²) in [6.45, 7) is 4.33. The van der Waals surface area contributed by atoms with Crippen LogP contribution in [0.5, 0.6) is 11.5 Å². The summed E-state index contributed by atoms with van der Waals surface area (Å²) < 4.78 is 0. The quantitative estimate of drug-likeness (QED) is 0.153. The van der Waals surface area contributed by atoms with Gasteiger partial charge in [-0.25, -0.2) is 0 Å². The first kappa shape index (κ1) is 30.1. The van der Waals surface area contributed by atoms with Gasteiger partial charge in [0.15, 0.2) is 0 Å². The summed E-state index contributed by atoms with van der Waals surface area (Å²) in [5, 5.41) is 21.6. The van der Waals surface area contributed by atoms with E-state index < -0.39 is 5.75 Å². The van der Waals surface area contributed by atoms with E-state index in [1.165, 1.54) is 37.8 Å². The largest absolute Gasteiger partial charge is 2.00 e. The van der Waals surface area contributed by atoms with Gasteiger partial charge in [-0.15, -0.1) is 11.5 Å². The molecule has 0 saturated heterocycles. The molecule has 0 amide bonds. The summed E-state index contributed by atoms with van der Waals surface area (Å²) in [5.74, 6) is -0.793. The molecule has 0 heterocycles. The maximum atomic E-state index is 10.9. The molecular weight excluding hydrogens is 479 g/mol. The van der Waals surface area contributed by atoms with Gasteiger partial charge in [0.05, 0.1) is 17.1 Å². The predicted molar refractivity (Wildman–Crippen MR) is 141 cm³/mol. The zero-order chi connectivity index (χ0) is 24.4. The van der Waals surface area contributed by atoms with Crippen LogP contribution in [0.15, 0.2) is 88.8 Å². The van der Waals surface area contributed by atoms with Crippen LogP contribution >= 0.6 is 0 Å². The number of aliphatic imine (C=N–C) groups is 2. The average Bonchev–Trinajstić information content (AvgIpc) is 2.87. The molecule has 0 bridgehead atoms. The summed E-state index contributed by atoms with van der Waals surface area (Å²) in [7, 11) is 0. The second-order valence-electron chi connectivity index (χ2n) is 8.23. The summed E-state index contributed by atoms with van der Waals surface area (Å²) in [4.78, 5) is 9.28. The molecule has 0 aliphatic carbocycles. The minimum absolute atomic E-state index is 0. The normalized spacial score (nSPS) is 11.0. The van der Waals surface area contributed by atoms with E-state index in [2.05, 4.69) is 18.8 Å². The molecule has 0 fully saturated rings. The van der Waals surface area contributed by atoms with E-state index in [-0.39, 0.29) is 22.2 Å². The number of rotatable bonds is 11. The fourth-order valence-electron chi connectivity index (χ4n) is 3.30. The molecule has 0 atom stereocenters. The van der Waals surface area contributed by atoms with Crippen LogP contribution in [0.25, 0.3) is 0 Å². The Hall–Kier alpha value is -2.91. The Balaban J connectivity index is 0.000000401. The van der Waals surface area contributed by atoms with Gasteiger partial charge < -0.3 is 10.2 Å². The molecule has 0 aliphatic heterocycles. The Labute approximate surface area is 220 Å². The Morgan fingerprint density at radius 1 is 0.714 bits per heavy atom. The van der Waals surface area contributed by atoms with E-state index in [1.54, 1.807) is 6.07 Å². The fraction of sp³-hybridized carbons (Fsp3) is 0.333. The molecule has 3 aromatic rings. The first-order chi connectivity index (χ1) is 16.6. The molecule has 0 unspecified atom stereocenters. The number of benzene rings is 3. The monoisotopic (exact) mass is 514 g/mol. The summed E-state index contributed by atoms with van der Waals surface area (Å²) in [6, 6.07) is 24.7. The summed E-state index contributed by atoms with van der Waals surface area (Å²) in [6.07, 6.45) is 10.9. The molecular formula is C30H36N2NiO2. The van der Waals surface area contributed by atoms with Crippen LogP contribution in [0.2, 0.25) is 0 Å². The van der Waals surface area contributed by atoms with Crippen molar-refractivity contribution in [3.8, 4) is 11.5 Å². The molecule has 3 aromatic carbocycles. The van der Waals surface area contributed by atoms with E-state index in [0.717, 1.165) is 48.3 Å². The van der Waals surface area contributed by atoms with Crippen molar-refractivity contribution in [1.29, 1.82) is 0 Å². The maximum Gasteiger partial charge on any atom is 2.00 e. The molecule has 0 aromatic heterocycles. The molecule has 0 radical (unpaired) electrons. The van der Waals surface area contributed by atoms with E-state index in [1.807, 2.05) is 66.9 Å². The number of hydrogen-bond acceptors (Lipinski definition) is 4. The minimum Gasteiger partial charge on any atom is -0.873 e. The molecule has 4 nitrogen and oxygen atoms in total. The smallest absolute Gasteiger partial charge is 0.873 e. The minimum atomic E-state index is -0.407. The van der Waals surface area contributed by atoms with Crippen molar-refractivity contribution in [1.82, 2.24) is 0 Å². The third kappa shape index (κ3) is 12.9. The van der Waals surface area contributed by atoms with E-state index in [4.69, 9.17) is 4.99 Å². The van der Waals surface area contributed by atoms with Gasteiger partial charge in [0.2, 0.25) is 0 Å². The van der Waals surface area contributed by atoms with Crippen LogP contribution in [-0.2, 0) is 22.9 Å². The van der Waals surface area contributed by atoms with Crippen molar-refractivity contribution in [3.05, 3.63) is 84.4 Å². The Kier molecular flexibility index (Phi) is 15.9. The number of aryl methyl sites for hydroxylation is 1. The van der Waals surface area contributed by atoms with Gasteiger partial charge in [0, 0.05) is 6.21 Å². The zero-order valence-corrected chi connectivity index (χ0v) is 21.8. The second kappa shape index (κ2) is 18.4. The average molecular weight is 515 g/mol. The number of unbranched alkanes of at least 4 members (excludes halogenated alkanes) is 4. The Bertz CT molecular complexity index is 1010. The molecule has 5 heteroatoms. The number of hydrogen-bond donors (Lipinski definition) is 0. The molecule has 0 aliphatic rings. The van der Waals surface area contributed by atoms with Crippen molar-refractivity contribution in [2.75, 3.05) is 0 Å². The second-order valence-corrected chi connectivity index (χ2v) is 8.23.